The van der Waals surface area contributed by atoms with E-state index in [1.54, 1.807) is 4.90 Å². The minimum Gasteiger partial charge on any atom is -0.489 e. The molecule has 0 spiro atoms. The molecule has 5 nitrogen and oxygen atoms in total. The zero-order chi connectivity index (χ0) is 17.7. The molecule has 0 radical (unpaired) electrons. The van der Waals surface area contributed by atoms with Crippen LogP contribution < -0.4 is 10.1 Å². The molecule has 0 bridgehead atoms. The summed E-state index contributed by atoms with van der Waals surface area (Å²) in [5.74, 6) is 0.863. The van der Waals surface area contributed by atoms with Crippen LogP contribution in [0.5, 0.6) is 5.75 Å². The fourth-order valence-electron chi connectivity index (χ4n) is 2.74. The van der Waals surface area contributed by atoms with E-state index < -0.39 is 0 Å². The lowest BCUT2D eigenvalue weighted by molar-refractivity contribution is -0.128. The molecule has 5 heteroatoms. The molecule has 1 aliphatic heterocycles. The van der Waals surface area contributed by atoms with Gasteiger partial charge >= 0.3 is 0 Å². The van der Waals surface area contributed by atoms with Crippen molar-refractivity contribution in [2.75, 3.05) is 18.4 Å². The van der Waals surface area contributed by atoms with Crippen LogP contribution in [0.4, 0.5) is 5.69 Å². The number of nitrogens with one attached hydrogen (secondary N) is 1. The molecule has 1 aliphatic rings. The first-order valence-corrected chi connectivity index (χ1v) is 8.71. The lowest BCUT2D eigenvalue weighted by atomic mass is 10.1. The van der Waals surface area contributed by atoms with E-state index in [1.807, 2.05) is 38.1 Å². The second-order valence-electron chi connectivity index (χ2n) is 7.08. The van der Waals surface area contributed by atoms with Crippen LogP contribution in [-0.2, 0) is 9.59 Å². The molecular formula is C19H28N2O3. The molecule has 2 amide bonds. The van der Waals surface area contributed by atoms with E-state index >= 15 is 0 Å². The van der Waals surface area contributed by atoms with Gasteiger partial charge in [0.05, 0.1) is 17.7 Å². The smallest absolute Gasteiger partial charge is 0.229 e. The van der Waals surface area contributed by atoms with Gasteiger partial charge in [0.15, 0.2) is 0 Å². The van der Waals surface area contributed by atoms with Gasteiger partial charge in [-0.15, -0.1) is 0 Å². The van der Waals surface area contributed by atoms with Crippen LogP contribution >= 0.6 is 0 Å². The van der Waals surface area contributed by atoms with Gasteiger partial charge in [-0.25, -0.2) is 0 Å². The van der Waals surface area contributed by atoms with Gasteiger partial charge in [-0.1, -0.05) is 26.0 Å². The Kier molecular flexibility index (Phi) is 6.23. The van der Waals surface area contributed by atoms with Crippen molar-refractivity contribution in [2.24, 2.45) is 11.8 Å². The van der Waals surface area contributed by atoms with Crippen LogP contribution in [0.25, 0.3) is 0 Å². The molecule has 0 aromatic heterocycles. The first-order chi connectivity index (χ1) is 11.4. The summed E-state index contributed by atoms with van der Waals surface area (Å²) in [5, 5.41) is 2.92. The lowest BCUT2D eigenvalue weighted by Gasteiger charge is -2.18. The number of ether oxygens (including phenoxy) is 1. The molecule has 1 unspecified atom stereocenters. The van der Waals surface area contributed by atoms with Crippen LogP contribution in [0.1, 0.15) is 40.5 Å². The summed E-state index contributed by atoms with van der Waals surface area (Å²) in [6.07, 6.45) is 1.28. The highest BCUT2D eigenvalue weighted by molar-refractivity contribution is 5.98. The van der Waals surface area contributed by atoms with E-state index in [4.69, 9.17) is 4.74 Å². The van der Waals surface area contributed by atoms with Gasteiger partial charge in [-0.3, -0.25) is 9.59 Å². The number of rotatable bonds is 7. The van der Waals surface area contributed by atoms with Crippen LogP contribution in [-0.4, -0.2) is 35.9 Å². The number of amides is 2. The Morgan fingerprint density at radius 2 is 2.00 bits per heavy atom. The minimum absolute atomic E-state index is 0.0302. The molecule has 1 aromatic rings. The Bertz CT molecular complexity index is 584. The van der Waals surface area contributed by atoms with E-state index in [-0.39, 0.29) is 30.3 Å². The zero-order valence-electron chi connectivity index (χ0n) is 15.0. The highest BCUT2D eigenvalue weighted by atomic mass is 16.5. The molecule has 1 aromatic carbocycles. The Morgan fingerprint density at radius 1 is 1.29 bits per heavy atom. The van der Waals surface area contributed by atoms with Gasteiger partial charge in [0.2, 0.25) is 11.8 Å². The Hall–Kier alpha value is -2.04. The minimum atomic E-state index is -0.295. The molecule has 24 heavy (non-hydrogen) atoms. The van der Waals surface area contributed by atoms with Crippen LogP contribution in [0.2, 0.25) is 0 Å². The van der Waals surface area contributed by atoms with E-state index in [2.05, 4.69) is 19.2 Å². The average molecular weight is 332 g/mol. The third-order valence-electron chi connectivity index (χ3n) is 4.07. The number of anilines is 1. The van der Waals surface area contributed by atoms with Crippen molar-refractivity contribution in [3.05, 3.63) is 24.3 Å². The van der Waals surface area contributed by atoms with Crippen molar-refractivity contribution >= 4 is 17.5 Å². The van der Waals surface area contributed by atoms with Gasteiger partial charge in [0, 0.05) is 19.5 Å². The summed E-state index contributed by atoms with van der Waals surface area (Å²) < 4.78 is 5.72. The fourth-order valence-corrected chi connectivity index (χ4v) is 2.74. The summed E-state index contributed by atoms with van der Waals surface area (Å²) in [5.41, 5.74) is 0.657. The highest BCUT2D eigenvalue weighted by Gasteiger charge is 2.34. The predicted molar refractivity (Wildman–Crippen MR) is 95.0 cm³/mol. The predicted octanol–water partition coefficient (Wildman–Crippen LogP) is 3.31. The van der Waals surface area contributed by atoms with Crippen LogP contribution in [0.3, 0.4) is 0 Å². The van der Waals surface area contributed by atoms with Crippen molar-refractivity contribution in [3.8, 4) is 5.75 Å². The molecule has 0 aliphatic carbocycles. The van der Waals surface area contributed by atoms with Crippen molar-refractivity contribution in [2.45, 2.75) is 46.6 Å². The molecule has 1 atom stereocenters. The molecule has 1 N–H and O–H groups in total. The van der Waals surface area contributed by atoms with E-state index in [9.17, 15) is 9.59 Å². The lowest BCUT2D eigenvalue weighted by Crippen LogP contribution is -2.29. The van der Waals surface area contributed by atoms with Crippen LogP contribution in [0.15, 0.2) is 24.3 Å². The Morgan fingerprint density at radius 3 is 2.67 bits per heavy atom. The summed E-state index contributed by atoms with van der Waals surface area (Å²) in [4.78, 5) is 26.4. The number of para-hydroxylation sites is 2. The zero-order valence-corrected chi connectivity index (χ0v) is 15.0. The van der Waals surface area contributed by atoms with Gasteiger partial charge in [0.1, 0.15) is 5.75 Å². The maximum atomic E-state index is 12.5. The number of hydrogen-bond donors (Lipinski definition) is 1. The monoisotopic (exact) mass is 332 g/mol. The third-order valence-corrected chi connectivity index (χ3v) is 4.07. The number of carbonyl (C=O) groups is 2. The standard InChI is InChI=1S/C19H28N2O3/c1-13(2)9-10-21-12-15(11-18(21)22)19(23)20-16-7-5-6-8-17(16)24-14(3)4/h5-8,13-15H,9-12H2,1-4H3,(H,20,23). The molecule has 1 saturated heterocycles. The molecular weight excluding hydrogens is 304 g/mol. The number of benzene rings is 1. The molecule has 1 heterocycles. The normalized spacial score (nSPS) is 17.7. The van der Waals surface area contributed by atoms with E-state index in [0.717, 1.165) is 13.0 Å². The highest BCUT2D eigenvalue weighted by Crippen LogP contribution is 2.27. The van der Waals surface area contributed by atoms with Gasteiger partial charge in [0.25, 0.3) is 0 Å². The van der Waals surface area contributed by atoms with Gasteiger partial charge < -0.3 is 15.0 Å². The Labute approximate surface area is 144 Å². The van der Waals surface area contributed by atoms with Crippen molar-refractivity contribution in [1.29, 1.82) is 0 Å². The van der Waals surface area contributed by atoms with Crippen molar-refractivity contribution in [3.63, 3.8) is 0 Å². The first kappa shape index (κ1) is 18.3. The number of hydrogen-bond acceptors (Lipinski definition) is 3. The van der Waals surface area contributed by atoms with Gasteiger partial charge in [-0.05, 0) is 38.3 Å². The topological polar surface area (TPSA) is 58.6 Å². The first-order valence-electron chi connectivity index (χ1n) is 8.71. The summed E-state index contributed by atoms with van der Waals surface area (Å²) >= 11 is 0. The molecule has 0 saturated carbocycles. The maximum absolute atomic E-state index is 12.5. The second-order valence-corrected chi connectivity index (χ2v) is 7.08. The maximum Gasteiger partial charge on any atom is 0.229 e. The summed E-state index contributed by atoms with van der Waals surface area (Å²) in [6.45, 7) is 9.40. The van der Waals surface area contributed by atoms with Crippen LogP contribution in [0, 0.1) is 11.8 Å². The molecule has 2 rings (SSSR count). The van der Waals surface area contributed by atoms with E-state index in [0.29, 0.717) is 23.9 Å². The second kappa shape index (κ2) is 8.18. The number of nitrogens with zero attached hydrogens (tertiary/aromatic N) is 1. The largest absolute Gasteiger partial charge is 0.489 e. The molecule has 132 valence electrons. The molecule has 1 fully saturated rings. The average Bonchev–Trinajstić information content (AvgIpc) is 2.88. The third kappa shape index (κ3) is 4.98. The number of likely N-dealkylation sites (tertiary alicyclic amines) is 1. The Balaban J connectivity index is 1.97. The summed E-state index contributed by atoms with van der Waals surface area (Å²) in [7, 11) is 0. The fraction of sp³-hybridized carbons (Fsp3) is 0.579. The van der Waals surface area contributed by atoms with Gasteiger partial charge in [-0.2, -0.15) is 0 Å². The van der Waals surface area contributed by atoms with E-state index in [1.165, 1.54) is 0 Å². The van der Waals surface area contributed by atoms with Crippen molar-refractivity contribution < 1.29 is 14.3 Å². The quantitative estimate of drug-likeness (QED) is 0.833. The SMILES string of the molecule is CC(C)CCN1CC(C(=O)Nc2ccccc2OC(C)C)CC1=O. The number of carbonyl (C=O) groups excluding carboxylic acids is 2. The summed E-state index contributed by atoms with van der Waals surface area (Å²) in [6, 6.07) is 7.39. The van der Waals surface area contributed by atoms with Crippen molar-refractivity contribution in [1.82, 2.24) is 4.90 Å².